The summed E-state index contributed by atoms with van der Waals surface area (Å²) in [7, 11) is -3.95. The van der Waals surface area contributed by atoms with Crippen LogP contribution in [-0.4, -0.2) is 39.2 Å². The normalized spacial score (nSPS) is 11.0. The van der Waals surface area contributed by atoms with E-state index in [9.17, 15) is 22.8 Å². The zero-order chi connectivity index (χ0) is 21.4. The van der Waals surface area contributed by atoms with E-state index in [4.69, 9.17) is 4.74 Å². The first kappa shape index (κ1) is 22.3. The summed E-state index contributed by atoms with van der Waals surface area (Å²) in [6, 6.07) is 12.8. The minimum atomic E-state index is -3.95. The summed E-state index contributed by atoms with van der Waals surface area (Å²) in [6.45, 7) is 2.45. The molecule has 0 heterocycles. The average molecular weight is 418 g/mol. The van der Waals surface area contributed by atoms with Gasteiger partial charge in [0.2, 0.25) is 10.0 Å². The Labute approximate surface area is 169 Å². The van der Waals surface area contributed by atoms with Crippen molar-refractivity contribution in [1.29, 1.82) is 0 Å². The van der Waals surface area contributed by atoms with Gasteiger partial charge in [-0.2, -0.15) is 4.72 Å². The zero-order valence-corrected chi connectivity index (χ0v) is 16.9. The molecule has 0 spiro atoms. The molecule has 0 aliphatic carbocycles. The number of hydrogen-bond donors (Lipinski definition) is 2. The molecule has 9 heteroatoms. The number of sulfonamides is 1. The summed E-state index contributed by atoms with van der Waals surface area (Å²) in [5.74, 6) is -1.57. The lowest BCUT2D eigenvalue weighted by molar-refractivity contribution is -0.147. The Kier molecular flexibility index (Phi) is 7.63. The molecule has 2 rings (SSSR count). The van der Waals surface area contributed by atoms with Crippen LogP contribution in [0.3, 0.4) is 0 Å². The maximum absolute atomic E-state index is 12.2. The van der Waals surface area contributed by atoms with Gasteiger partial charge in [-0.1, -0.05) is 36.4 Å². The van der Waals surface area contributed by atoms with Crippen LogP contribution in [0.1, 0.15) is 28.4 Å². The van der Waals surface area contributed by atoms with Gasteiger partial charge in [-0.05, 0) is 37.1 Å². The molecule has 29 heavy (non-hydrogen) atoms. The van der Waals surface area contributed by atoms with Gasteiger partial charge < -0.3 is 10.1 Å². The number of Topliss-reactive ketones (excluding diaryl/α,β-unsaturated/α-hetero) is 1. The number of carbonyl (C=O) groups is 3. The maximum atomic E-state index is 12.2. The van der Waals surface area contributed by atoms with Crippen molar-refractivity contribution in [3.8, 4) is 0 Å². The lowest BCUT2D eigenvalue weighted by Gasteiger charge is -2.09. The highest BCUT2D eigenvalue weighted by Gasteiger charge is 2.17. The average Bonchev–Trinajstić information content (AvgIpc) is 2.70. The van der Waals surface area contributed by atoms with E-state index >= 15 is 0 Å². The summed E-state index contributed by atoms with van der Waals surface area (Å²) in [6.07, 6.45) is 0. The predicted octanol–water partition coefficient (Wildman–Crippen LogP) is 1.34. The molecule has 2 aromatic carbocycles. The van der Waals surface area contributed by atoms with E-state index in [0.29, 0.717) is 12.1 Å². The number of nitrogens with one attached hydrogen (secondary N) is 2. The largest absolute Gasteiger partial charge is 0.455 e. The maximum Gasteiger partial charge on any atom is 0.321 e. The van der Waals surface area contributed by atoms with E-state index in [1.807, 2.05) is 31.2 Å². The first-order valence-electron chi connectivity index (χ1n) is 8.76. The Balaban J connectivity index is 1.77. The van der Waals surface area contributed by atoms with Gasteiger partial charge in [0.05, 0.1) is 4.90 Å². The fourth-order valence-electron chi connectivity index (χ4n) is 2.36. The van der Waals surface area contributed by atoms with Crippen LogP contribution >= 0.6 is 0 Å². The molecule has 2 N–H and O–H groups in total. The highest BCUT2D eigenvalue weighted by atomic mass is 32.2. The Morgan fingerprint density at radius 1 is 1.00 bits per heavy atom. The number of amides is 1. The minimum Gasteiger partial charge on any atom is -0.455 e. The molecule has 0 aliphatic rings. The number of carbonyl (C=O) groups excluding carboxylic acids is 3. The highest BCUT2D eigenvalue weighted by molar-refractivity contribution is 7.89. The molecular weight excluding hydrogens is 396 g/mol. The molecule has 1 amide bonds. The van der Waals surface area contributed by atoms with Crippen molar-refractivity contribution in [3.05, 3.63) is 65.2 Å². The molecule has 0 saturated heterocycles. The lowest BCUT2D eigenvalue weighted by atomic mass is 10.1. The lowest BCUT2D eigenvalue weighted by Crippen LogP contribution is -2.33. The molecule has 0 bridgehead atoms. The summed E-state index contributed by atoms with van der Waals surface area (Å²) < 4.78 is 31.2. The third kappa shape index (κ3) is 6.81. The van der Waals surface area contributed by atoms with Crippen molar-refractivity contribution in [2.75, 3.05) is 13.2 Å². The molecule has 0 saturated carbocycles. The van der Waals surface area contributed by atoms with E-state index in [1.54, 1.807) is 0 Å². The van der Waals surface area contributed by atoms with Crippen molar-refractivity contribution in [3.63, 3.8) is 0 Å². The number of ketones is 1. The van der Waals surface area contributed by atoms with E-state index in [0.717, 1.165) is 11.1 Å². The second-order valence-electron chi connectivity index (χ2n) is 6.27. The van der Waals surface area contributed by atoms with Gasteiger partial charge in [0.1, 0.15) is 6.54 Å². The van der Waals surface area contributed by atoms with Gasteiger partial charge in [-0.15, -0.1) is 0 Å². The molecule has 0 atom stereocenters. The van der Waals surface area contributed by atoms with Crippen LogP contribution in [0.4, 0.5) is 0 Å². The topological polar surface area (TPSA) is 119 Å². The molecule has 0 radical (unpaired) electrons. The van der Waals surface area contributed by atoms with Gasteiger partial charge in [0, 0.05) is 12.1 Å². The van der Waals surface area contributed by atoms with Crippen LogP contribution in [0.2, 0.25) is 0 Å². The first-order chi connectivity index (χ1) is 13.7. The SMILES string of the molecule is CC(=O)c1ccc(S(=O)(=O)NCC(=O)OCC(=O)NCc2ccccc2C)cc1. The number of benzene rings is 2. The fourth-order valence-corrected chi connectivity index (χ4v) is 3.33. The van der Waals surface area contributed by atoms with Gasteiger partial charge >= 0.3 is 5.97 Å². The smallest absolute Gasteiger partial charge is 0.321 e. The van der Waals surface area contributed by atoms with Gasteiger partial charge in [-0.25, -0.2) is 8.42 Å². The van der Waals surface area contributed by atoms with E-state index in [1.165, 1.54) is 31.2 Å². The van der Waals surface area contributed by atoms with Crippen molar-refractivity contribution < 1.29 is 27.5 Å². The molecule has 0 aliphatic heterocycles. The van der Waals surface area contributed by atoms with Crippen LogP contribution in [0.25, 0.3) is 0 Å². The van der Waals surface area contributed by atoms with Crippen molar-refractivity contribution in [2.45, 2.75) is 25.3 Å². The third-order valence-electron chi connectivity index (χ3n) is 4.08. The summed E-state index contributed by atoms with van der Waals surface area (Å²) in [5.41, 5.74) is 2.34. The highest BCUT2D eigenvalue weighted by Crippen LogP contribution is 2.11. The van der Waals surface area contributed by atoms with E-state index in [2.05, 4.69) is 10.0 Å². The second-order valence-corrected chi connectivity index (χ2v) is 8.04. The Bertz CT molecular complexity index is 1000. The Hall–Kier alpha value is -3.04. The molecule has 154 valence electrons. The number of hydrogen-bond acceptors (Lipinski definition) is 6. The van der Waals surface area contributed by atoms with Crippen LogP contribution in [0.5, 0.6) is 0 Å². The Morgan fingerprint density at radius 3 is 2.28 bits per heavy atom. The number of ether oxygens (including phenoxy) is 1. The summed E-state index contributed by atoms with van der Waals surface area (Å²) in [4.78, 5) is 34.7. The molecule has 0 fully saturated rings. The monoisotopic (exact) mass is 418 g/mol. The minimum absolute atomic E-state index is 0.0914. The van der Waals surface area contributed by atoms with Crippen LogP contribution in [0.15, 0.2) is 53.4 Å². The number of aryl methyl sites for hydroxylation is 1. The summed E-state index contributed by atoms with van der Waals surface area (Å²) in [5, 5.41) is 2.63. The van der Waals surface area contributed by atoms with E-state index < -0.39 is 35.1 Å². The molecule has 0 aromatic heterocycles. The number of esters is 1. The number of rotatable bonds is 9. The van der Waals surface area contributed by atoms with E-state index in [-0.39, 0.29) is 10.7 Å². The molecule has 0 unspecified atom stereocenters. The van der Waals surface area contributed by atoms with Crippen molar-refractivity contribution >= 4 is 27.7 Å². The van der Waals surface area contributed by atoms with Crippen LogP contribution in [0, 0.1) is 6.92 Å². The molecule has 8 nitrogen and oxygen atoms in total. The quantitative estimate of drug-likeness (QED) is 0.469. The third-order valence-corrected chi connectivity index (χ3v) is 5.50. The fraction of sp³-hybridized carbons (Fsp3) is 0.250. The van der Waals surface area contributed by atoms with Gasteiger partial charge in [0.25, 0.3) is 5.91 Å². The van der Waals surface area contributed by atoms with Crippen molar-refractivity contribution in [1.82, 2.24) is 10.0 Å². The second kappa shape index (κ2) is 9.94. The Morgan fingerprint density at radius 2 is 1.66 bits per heavy atom. The standard InChI is InChI=1S/C20H22N2O6S/c1-14-5-3-4-6-17(14)11-21-19(24)13-28-20(25)12-22-29(26,27)18-9-7-16(8-10-18)15(2)23/h3-10,22H,11-13H2,1-2H3,(H,21,24). The predicted molar refractivity (Wildman–Crippen MR) is 106 cm³/mol. The van der Waals surface area contributed by atoms with Crippen LogP contribution in [-0.2, 0) is 30.9 Å². The van der Waals surface area contributed by atoms with Crippen molar-refractivity contribution in [2.24, 2.45) is 0 Å². The zero-order valence-electron chi connectivity index (χ0n) is 16.1. The van der Waals surface area contributed by atoms with Gasteiger partial charge in [0.15, 0.2) is 12.4 Å². The molecule has 2 aromatic rings. The van der Waals surface area contributed by atoms with Gasteiger partial charge in [-0.3, -0.25) is 14.4 Å². The first-order valence-corrected chi connectivity index (χ1v) is 10.2. The van der Waals surface area contributed by atoms with Crippen LogP contribution < -0.4 is 10.0 Å². The summed E-state index contributed by atoms with van der Waals surface area (Å²) >= 11 is 0. The molecular formula is C20H22N2O6S.